The van der Waals surface area contributed by atoms with Crippen molar-refractivity contribution in [2.75, 3.05) is 26.7 Å². The topological polar surface area (TPSA) is 97.3 Å². The van der Waals surface area contributed by atoms with Gasteiger partial charge in [0, 0.05) is 42.8 Å². The first-order valence-corrected chi connectivity index (χ1v) is 10.3. The summed E-state index contributed by atoms with van der Waals surface area (Å²) in [5, 5.41) is 8.77. The number of nitrogens with zero attached hydrogens (tertiary/aromatic N) is 2. The normalized spacial score (nSPS) is 16.3. The molecule has 1 saturated heterocycles. The summed E-state index contributed by atoms with van der Waals surface area (Å²) in [5.74, 6) is -0.0494. The number of Topliss-reactive ketones (excluding diaryl/α,β-unsaturated/α-hetero) is 1. The summed E-state index contributed by atoms with van der Waals surface area (Å²) < 4.78 is 7.31. The van der Waals surface area contributed by atoms with Gasteiger partial charge in [-0.15, -0.1) is 0 Å². The summed E-state index contributed by atoms with van der Waals surface area (Å²) in [5.41, 5.74) is 6.95. The molecule has 3 N–H and O–H groups in total. The van der Waals surface area contributed by atoms with Crippen LogP contribution in [0.3, 0.4) is 0 Å². The molecule has 1 fully saturated rings. The van der Waals surface area contributed by atoms with E-state index in [-0.39, 0.29) is 23.7 Å². The zero-order valence-electron chi connectivity index (χ0n) is 17.4. The monoisotopic (exact) mass is 401 g/mol. The summed E-state index contributed by atoms with van der Waals surface area (Å²) in [6, 6.07) is 5.83. The standard InChI is InChI=1S/C21H31N5O3/c1-14(2)26-13-16-5-4-6-17(19(16)25-26)20(27)18(29-3)9-12-23-24-21(28)15-7-10-22-11-8-15/h4-6,13-15,18,22-23H,7-12H2,1-3H3,(H,24,28). The van der Waals surface area contributed by atoms with Crippen molar-refractivity contribution in [2.24, 2.45) is 5.92 Å². The van der Waals surface area contributed by atoms with Crippen LogP contribution in [0, 0.1) is 5.92 Å². The van der Waals surface area contributed by atoms with Crippen molar-refractivity contribution < 1.29 is 14.3 Å². The van der Waals surface area contributed by atoms with Crippen LogP contribution in [-0.2, 0) is 9.53 Å². The van der Waals surface area contributed by atoms with E-state index in [2.05, 4.69) is 35.1 Å². The molecule has 2 heterocycles. The average Bonchev–Trinajstić information content (AvgIpc) is 3.18. The molecular weight excluding hydrogens is 370 g/mol. The summed E-state index contributed by atoms with van der Waals surface area (Å²) >= 11 is 0. The number of carbonyl (C=O) groups is 2. The summed E-state index contributed by atoms with van der Waals surface area (Å²) in [4.78, 5) is 25.2. The maximum absolute atomic E-state index is 13.0. The fraction of sp³-hybridized carbons (Fsp3) is 0.571. The van der Waals surface area contributed by atoms with E-state index in [1.165, 1.54) is 7.11 Å². The zero-order valence-corrected chi connectivity index (χ0v) is 17.4. The van der Waals surface area contributed by atoms with Crippen LogP contribution in [0.25, 0.3) is 10.9 Å². The maximum Gasteiger partial charge on any atom is 0.237 e. The number of fused-ring (bicyclic) bond motifs is 1. The third-order valence-electron chi connectivity index (χ3n) is 5.38. The Morgan fingerprint density at radius 1 is 1.31 bits per heavy atom. The average molecular weight is 402 g/mol. The number of piperidine rings is 1. The smallest absolute Gasteiger partial charge is 0.237 e. The summed E-state index contributed by atoms with van der Waals surface area (Å²) in [7, 11) is 1.53. The fourth-order valence-corrected chi connectivity index (χ4v) is 3.60. The SMILES string of the molecule is COC(CCNNC(=O)C1CCNCC1)C(=O)c1cccc2cn(C(C)C)nc12. The minimum atomic E-state index is -0.604. The lowest BCUT2D eigenvalue weighted by atomic mass is 9.98. The van der Waals surface area contributed by atoms with Crippen LogP contribution in [-0.4, -0.2) is 54.3 Å². The molecule has 8 nitrogen and oxygen atoms in total. The number of hydrazine groups is 1. The first-order chi connectivity index (χ1) is 14.0. The van der Waals surface area contributed by atoms with Gasteiger partial charge in [0.25, 0.3) is 0 Å². The Labute approximate surface area is 171 Å². The molecule has 8 heteroatoms. The van der Waals surface area contributed by atoms with Gasteiger partial charge in [0.05, 0.1) is 0 Å². The first kappa shape index (κ1) is 21.4. The third-order valence-corrected chi connectivity index (χ3v) is 5.38. The molecule has 0 bridgehead atoms. The number of ketones is 1. The van der Waals surface area contributed by atoms with Gasteiger partial charge in [-0.3, -0.25) is 19.7 Å². The zero-order chi connectivity index (χ0) is 20.8. The van der Waals surface area contributed by atoms with Crippen LogP contribution in [0.15, 0.2) is 24.4 Å². The van der Waals surface area contributed by atoms with Gasteiger partial charge < -0.3 is 10.1 Å². The highest BCUT2D eigenvalue weighted by Crippen LogP contribution is 2.21. The number of ether oxygens (including phenoxy) is 1. The Balaban J connectivity index is 1.57. The van der Waals surface area contributed by atoms with E-state index in [9.17, 15) is 9.59 Å². The Bertz CT molecular complexity index is 842. The van der Waals surface area contributed by atoms with E-state index in [1.807, 2.05) is 23.0 Å². The highest BCUT2D eigenvalue weighted by molar-refractivity contribution is 6.08. The second-order valence-corrected chi connectivity index (χ2v) is 7.76. The van der Waals surface area contributed by atoms with Gasteiger partial charge in [0.1, 0.15) is 11.6 Å². The Hall–Kier alpha value is -2.29. The van der Waals surface area contributed by atoms with Gasteiger partial charge in [-0.05, 0) is 52.3 Å². The lowest BCUT2D eigenvalue weighted by molar-refractivity contribution is -0.126. The number of hydrogen-bond donors (Lipinski definition) is 3. The highest BCUT2D eigenvalue weighted by Gasteiger charge is 2.24. The molecule has 0 aliphatic carbocycles. The lowest BCUT2D eigenvalue weighted by Crippen LogP contribution is -2.45. The number of amides is 1. The minimum absolute atomic E-state index is 0.00999. The molecule has 2 aromatic rings. The van der Waals surface area contributed by atoms with Crippen molar-refractivity contribution >= 4 is 22.6 Å². The number of nitrogens with one attached hydrogen (secondary N) is 3. The van der Waals surface area contributed by atoms with Crippen molar-refractivity contribution in [3.05, 3.63) is 30.0 Å². The second kappa shape index (κ2) is 9.96. The van der Waals surface area contributed by atoms with E-state index in [0.717, 1.165) is 31.3 Å². The van der Waals surface area contributed by atoms with E-state index >= 15 is 0 Å². The molecule has 1 aromatic heterocycles. The largest absolute Gasteiger partial charge is 0.373 e. The van der Waals surface area contributed by atoms with Gasteiger partial charge in [-0.1, -0.05) is 12.1 Å². The fourth-order valence-electron chi connectivity index (χ4n) is 3.60. The van der Waals surface area contributed by atoms with Crippen LogP contribution in [0.4, 0.5) is 0 Å². The Morgan fingerprint density at radius 3 is 2.76 bits per heavy atom. The Kier molecular flexibility index (Phi) is 7.35. The highest BCUT2D eigenvalue weighted by atomic mass is 16.5. The number of carbonyl (C=O) groups excluding carboxylic acids is 2. The molecule has 1 amide bonds. The predicted molar refractivity (Wildman–Crippen MR) is 112 cm³/mol. The molecule has 0 radical (unpaired) electrons. The lowest BCUT2D eigenvalue weighted by Gasteiger charge is -2.22. The van der Waals surface area contributed by atoms with Crippen molar-refractivity contribution in [3.63, 3.8) is 0 Å². The van der Waals surface area contributed by atoms with Crippen LogP contribution >= 0.6 is 0 Å². The number of methoxy groups -OCH3 is 1. The molecule has 1 aromatic carbocycles. The molecule has 1 aliphatic heterocycles. The van der Waals surface area contributed by atoms with Gasteiger partial charge in [-0.25, -0.2) is 5.43 Å². The minimum Gasteiger partial charge on any atom is -0.373 e. The first-order valence-electron chi connectivity index (χ1n) is 10.3. The van der Waals surface area contributed by atoms with Crippen molar-refractivity contribution in [3.8, 4) is 0 Å². The summed E-state index contributed by atoms with van der Waals surface area (Å²) in [6.07, 6.45) is 3.49. The van der Waals surface area contributed by atoms with Crippen LogP contribution in [0.1, 0.15) is 49.5 Å². The van der Waals surface area contributed by atoms with Crippen molar-refractivity contribution in [2.45, 2.75) is 45.3 Å². The van der Waals surface area contributed by atoms with Gasteiger partial charge in [0.15, 0.2) is 5.78 Å². The molecule has 1 aliphatic rings. The molecule has 1 atom stereocenters. The number of rotatable bonds is 9. The summed E-state index contributed by atoms with van der Waals surface area (Å²) in [6.45, 7) is 6.29. The van der Waals surface area contributed by atoms with Crippen LogP contribution < -0.4 is 16.2 Å². The van der Waals surface area contributed by atoms with Crippen molar-refractivity contribution in [1.29, 1.82) is 0 Å². The van der Waals surface area contributed by atoms with Crippen LogP contribution in [0.5, 0.6) is 0 Å². The van der Waals surface area contributed by atoms with Gasteiger partial charge in [0.2, 0.25) is 5.91 Å². The quantitative estimate of drug-likeness (QED) is 0.337. The van der Waals surface area contributed by atoms with Crippen molar-refractivity contribution in [1.82, 2.24) is 25.9 Å². The third kappa shape index (κ3) is 5.20. The number of benzene rings is 1. The Morgan fingerprint density at radius 2 is 2.07 bits per heavy atom. The number of hydrogen-bond acceptors (Lipinski definition) is 6. The van der Waals surface area contributed by atoms with Crippen LogP contribution in [0.2, 0.25) is 0 Å². The molecule has 158 valence electrons. The molecule has 29 heavy (non-hydrogen) atoms. The number of aromatic nitrogens is 2. The van der Waals surface area contributed by atoms with E-state index in [1.54, 1.807) is 6.07 Å². The van der Waals surface area contributed by atoms with E-state index < -0.39 is 6.10 Å². The second-order valence-electron chi connectivity index (χ2n) is 7.76. The van der Waals surface area contributed by atoms with Gasteiger partial charge >= 0.3 is 0 Å². The van der Waals surface area contributed by atoms with Gasteiger partial charge in [-0.2, -0.15) is 5.10 Å². The van der Waals surface area contributed by atoms with E-state index in [4.69, 9.17) is 4.74 Å². The van der Waals surface area contributed by atoms with E-state index in [0.29, 0.717) is 24.0 Å². The predicted octanol–water partition coefficient (Wildman–Crippen LogP) is 1.83. The molecular formula is C21H31N5O3. The molecule has 0 spiro atoms. The molecule has 3 rings (SSSR count). The molecule has 1 unspecified atom stereocenters. The molecule has 0 saturated carbocycles. The maximum atomic E-state index is 13.0.